The van der Waals surface area contributed by atoms with Gasteiger partial charge in [-0.2, -0.15) is 0 Å². The predicted molar refractivity (Wildman–Crippen MR) is 129 cm³/mol. The van der Waals surface area contributed by atoms with Crippen LogP contribution in [0.4, 0.5) is 0 Å². The van der Waals surface area contributed by atoms with Crippen LogP contribution in [0.25, 0.3) is 0 Å². The molecule has 5 rings (SSSR count). The fourth-order valence-electron chi connectivity index (χ4n) is 8.45. The van der Waals surface area contributed by atoms with Crippen LogP contribution < -0.4 is 0 Å². The van der Waals surface area contributed by atoms with Crippen molar-refractivity contribution in [2.75, 3.05) is 6.61 Å². The first-order valence-electron chi connectivity index (χ1n) is 13.4. The first kappa shape index (κ1) is 26.0. The fraction of sp³-hybridized carbons (Fsp3) is 0.786. The Morgan fingerprint density at radius 3 is 2.42 bits per heavy atom. The van der Waals surface area contributed by atoms with Crippen molar-refractivity contribution in [1.82, 2.24) is 0 Å². The summed E-state index contributed by atoms with van der Waals surface area (Å²) in [7, 11) is 0. The minimum Gasteiger partial charge on any atom is -0.451 e. The number of aliphatic hydroxyl groups is 3. The highest BCUT2D eigenvalue weighted by Gasteiger charge is 2.67. The van der Waals surface area contributed by atoms with Gasteiger partial charge in [-0.05, 0) is 74.2 Å². The van der Waals surface area contributed by atoms with E-state index in [1.165, 1.54) is 12.5 Å². The van der Waals surface area contributed by atoms with Crippen molar-refractivity contribution in [3.05, 3.63) is 23.8 Å². The monoisotopic (exact) mass is 504 g/mol. The molecule has 0 aromatic rings. The maximum Gasteiger partial charge on any atom is 0.303 e. The molecule has 8 heteroatoms. The second kappa shape index (κ2) is 9.02. The van der Waals surface area contributed by atoms with Gasteiger partial charge in [-0.25, -0.2) is 0 Å². The average molecular weight is 505 g/mol. The second-order valence-corrected chi connectivity index (χ2v) is 12.1. The number of aliphatic hydroxyl groups excluding tert-OH is 3. The van der Waals surface area contributed by atoms with E-state index in [0.29, 0.717) is 18.3 Å². The molecule has 0 spiro atoms. The van der Waals surface area contributed by atoms with Crippen molar-refractivity contribution < 1.29 is 39.1 Å². The Hall–Kier alpha value is -1.58. The molecule has 4 aliphatic carbocycles. The molecule has 36 heavy (non-hydrogen) atoms. The van der Waals surface area contributed by atoms with E-state index in [2.05, 4.69) is 32.1 Å². The van der Waals surface area contributed by atoms with Gasteiger partial charge in [0, 0.05) is 12.3 Å². The standard InChI is InChI=1S/C28H40O8/c1-15(30)28(36-16(2)31)12-9-21-19-6-5-17-13-18(34-25-24(33)23(32)22(14-29)35-25)7-10-26(17,3)20(19)8-11-27(21,28)4/h5-6,13,18-25,29,32-33H,7-12,14H2,1-4H3/t18-,19+,20-,21-,22-,23-,24+,25+,26-,27-,28-/m0/s1. The zero-order chi connectivity index (χ0) is 26.0. The Kier molecular flexibility index (Phi) is 6.52. The molecule has 2 saturated carbocycles. The van der Waals surface area contributed by atoms with Crippen LogP contribution in [0.5, 0.6) is 0 Å². The van der Waals surface area contributed by atoms with Crippen molar-refractivity contribution in [2.24, 2.45) is 28.6 Å². The van der Waals surface area contributed by atoms with Gasteiger partial charge in [0.25, 0.3) is 0 Å². The lowest BCUT2D eigenvalue weighted by Gasteiger charge is -2.57. The number of carbonyl (C=O) groups excluding carboxylic acids is 2. The largest absolute Gasteiger partial charge is 0.451 e. The molecule has 11 atom stereocenters. The minimum absolute atomic E-state index is 0.0359. The number of hydrogen-bond donors (Lipinski definition) is 3. The van der Waals surface area contributed by atoms with Gasteiger partial charge in [0.2, 0.25) is 0 Å². The van der Waals surface area contributed by atoms with Gasteiger partial charge >= 0.3 is 5.97 Å². The SMILES string of the molecule is CC(=O)O[C@]1(C(C)=O)CC[C@H]2[C@@H]3C=CC4=C[C@@H](O[C@@H]5O[C@@H](CO)[C@H](O)[C@H]5O)CC[C@]4(C)[C@H]3CC[C@@]21C. The first-order chi connectivity index (χ1) is 17.0. The molecular weight excluding hydrogens is 464 g/mol. The maximum atomic E-state index is 12.9. The van der Waals surface area contributed by atoms with Crippen LogP contribution in [0, 0.1) is 28.6 Å². The molecule has 0 unspecified atom stereocenters. The van der Waals surface area contributed by atoms with Gasteiger partial charge in [0.05, 0.1) is 12.7 Å². The average Bonchev–Trinajstić information content (AvgIpc) is 3.27. The normalized spacial score (nSPS) is 49.6. The third kappa shape index (κ3) is 3.67. The van der Waals surface area contributed by atoms with Crippen LogP contribution in [-0.4, -0.2) is 70.0 Å². The number of rotatable bonds is 5. The number of allylic oxidation sites excluding steroid dienone is 3. The van der Waals surface area contributed by atoms with Crippen molar-refractivity contribution in [1.29, 1.82) is 0 Å². The zero-order valence-corrected chi connectivity index (χ0v) is 21.7. The van der Waals surface area contributed by atoms with E-state index in [9.17, 15) is 24.9 Å². The van der Waals surface area contributed by atoms with E-state index in [1.54, 1.807) is 6.92 Å². The topological polar surface area (TPSA) is 123 Å². The summed E-state index contributed by atoms with van der Waals surface area (Å²) in [5.41, 5.74) is -0.241. The zero-order valence-electron chi connectivity index (χ0n) is 21.7. The number of Topliss-reactive ketones (excluding diaryl/α,β-unsaturated/α-hetero) is 1. The maximum absolute atomic E-state index is 12.9. The predicted octanol–water partition coefficient (Wildman–Crippen LogP) is 2.44. The van der Waals surface area contributed by atoms with Crippen molar-refractivity contribution in [3.8, 4) is 0 Å². The van der Waals surface area contributed by atoms with E-state index in [0.717, 1.165) is 32.1 Å². The molecule has 1 saturated heterocycles. The lowest BCUT2D eigenvalue weighted by molar-refractivity contribution is -0.190. The summed E-state index contributed by atoms with van der Waals surface area (Å²) in [6, 6.07) is 0. The van der Waals surface area contributed by atoms with Gasteiger partial charge < -0.3 is 29.5 Å². The Bertz CT molecular complexity index is 975. The molecule has 0 amide bonds. The molecule has 0 bridgehead atoms. The molecule has 3 N–H and O–H groups in total. The quantitative estimate of drug-likeness (QED) is 0.488. The Balaban J connectivity index is 1.38. The summed E-state index contributed by atoms with van der Waals surface area (Å²) in [4.78, 5) is 24.9. The van der Waals surface area contributed by atoms with Crippen LogP contribution in [0.1, 0.15) is 66.2 Å². The van der Waals surface area contributed by atoms with E-state index in [4.69, 9.17) is 14.2 Å². The van der Waals surface area contributed by atoms with Crippen LogP contribution in [0.3, 0.4) is 0 Å². The van der Waals surface area contributed by atoms with Crippen LogP contribution in [-0.2, 0) is 23.8 Å². The van der Waals surface area contributed by atoms with E-state index in [1.807, 2.05) is 0 Å². The highest BCUT2D eigenvalue weighted by Crippen LogP contribution is 2.67. The molecule has 1 aliphatic heterocycles. The van der Waals surface area contributed by atoms with Crippen LogP contribution in [0.15, 0.2) is 23.8 Å². The molecule has 5 aliphatic rings. The summed E-state index contributed by atoms with van der Waals surface area (Å²) in [6.07, 6.45) is 7.06. The van der Waals surface area contributed by atoms with Gasteiger partial charge in [0.1, 0.15) is 18.3 Å². The van der Waals surface area contributed by atoms with Gasteiger partial charge in [-0.1, -0.05) is 32.1 Å². The molecule has 200 valence electrons. The lowest BCUT2D eigenvalue weighted by Crippen LogP contribution is -2.58. The Morgan fingerprint density at radius 2 is 1.78 bits per heavy atom. The molecule has 0 aromatic carbocycles. The fourth-order valence-corrected chi connectivity index (χ4v) is 8.45. The number of carbonyl (C=O) groups is 2. The highest BCUT2D eigenvalue weighted by atomic mass is 16.7. The molecular formula is C28H40O8. The summed E-state index contributed by atoms with van der Waals surface area (Å²) in [5, 5.41) is 29.7. The number of ether oxygens (including phenoxy) is 3. The van der Waals surface area contributed by atoms with E-state index in [-0.39, 0.29) is 35.2 Å². The van der Waals surface area contributed by atoms with Crippen molar-refractivity contribution in [2.45, 2.75) is 103 Å². The van der Waals surface area contributed by atoms with Crippen LogP contribution in [0.2, 0.25) is 0 Å². The van der Waals surface area contributed by atoms with Gasteiger partial charge in [-0.15, -0.1) is 0 Å². The third-order valence-corrected chi connectivity index (χ3v) is 10.4. The summed E-state index contributed by atoms with van der Waals surface area (Å²) >= 11 is 0. The Morgan fingerprint density at radius 1 is 1.06 bits per heavy atom. The summed E-state index contributed by atoms with van der Waals surface area (Å²) in [5.74, 6) is 0.553. The van der Waals surface area contributed by atoms with Crippen molar-refractivity contribution >= 4 is 11.8 Å². The minimum atomic E-state index is -1.20. The van der Waals surface area contributed by atoms with E-state index >= 15 is 0 Å². The molecule has 0 radical (unpaired) electrons. The molecule has 0 aromatic heterocycles. The first-order valence-corrected chi connectivity index (χ1v) is 13.4. The third-order valence-electron chi connectivity index (χ3n) is 10.4. The summed E-state index contributed by atoms with van der Waals surface area (Å²) < 4.78 is 17.4. The molecule has 3 fully saturated rings. The second-order valence-electron chi connectivity index (χ2n) is 12.1. The summed E-state index contributed by atoms with van der Waals surface area (Å²) in [6.45, 7) is 7.06. The Labute approximate surface area is 212 Å². The lowest BCUT2D eigenvalue weighted by atomic mass is 9.48. The van der Waals surface area contributed by atoms with Crippen molar-refractivity contribution in [3.63, 3.8) is 0 Å². The number of ketones is 1. The van der Waals surface area contributed by atoms with Gasteiger partial charge in [0.15, 0.2) is 17.7 Å². The van der Waals surface area contributed by atoms with Crippen LogP contribution >= 0.6 is 0 Å². The molecule has 1 heterocycles. The smallest absolute Gasteiger partial charge is 0.303 e. The number of hydrogen-bond acceptors (Lipinski definition) is 8. The number of esters is 1. The highest BCUT2D eigenvalue weighted by molar-refractivity contribution is 5.89. The van der Waals surface area contributed by atoms with E-state index < -0.39 is 36.2 Å². The van der Waals surface area contributed by atoms with Gasteiger partial charge in [-0.3, -0.25) is 9.59 Å². The number of fused-ring (bicyclic) bond motifs is 5. The molecule has 8 nitrogen and oxygen atoms in total.